The quantitative estimate of drug-likeness (QED) is 0.112. The fourth-order valence-electron chi connectivity index (χ4n) is 4.00. The number of non-ortho nitro benzene ring substituents is 1. The van der Waals surface area contributed by atoms with E-state index in [2.05, 4.69) is 9.88 Å². The van der Waals surface area contributed by atoms with Crippen molar-refractivity contribution >= 4 is 46.7 Å². The van der Waals surface area contributed by atoms with Gasteiger partial charge in [-0.1, -0.05) is 29.4 Å². The molecule has 0 aliphatic rings. The number of nitro groups is 1. The lowest BCUT2D eigenvalue weighted by Crippen LogP contribution is -2.14. The lowest BCUT2D eigenvalue weighted by Gasteiger charge is -2.11. The van der Waals surface area contributed by atoms with Crippen LogP contribution in [0.15, 0.2) is 88.2 Å². The Kier molecular flexibility index (Phi) is 8.01. The van der Waals surface area contributed by atoms with Gasteiger partial charge in [0.05, 0.1) is 4.92 Å². The van der Waals surface area contributed by atoms with Crippen molar-refractivity contribution in [3.05, 3.63) is 116 Å². The molecule has 0 fully saturated rings. The molecule has 0 saturated carbocycles. The second-order valence-electron chi connectivity index (χ2n) is 8.55. The van der Waals surface area contributed by atoms with Crippen LogP contribution in [0.3, 0.4) is 0 Å². The van der Waals surface area contributed by atoms with E-state index < -0.39 is 10.8 Å². The van der Waals surface area contributed by atoms with E-state index in [4.69, 9.17) is 11.6 Å². The largest absolute Gasteiger partial charge is 0.321 e. The Balaban J connectivity index is 1.55. The molecular weight excluding hydrogens is 520 g/mol. The number of anilines is 1. The summed E-state index contributed by atoms with van der Waals surface area (Å²) in [5.41, 5.74) is 4.87. The minimum Gasteiger partial charge on any atom is -0.321 e. The lowest BCUT2D eigenvalue weighted by molar-refractivity contribution is -0.384. The fourth-order valence-corrected chi connectivity index (χ4v) is 4.99. The van der Waals surface area contributed by atoms with E-state index in [9.17, 15) is 20.2 Å². The third-order valence-corrected chi connectivity index (χ3v) is 7.45. The van der Waals surface area contributed by atoms with Crippen molar-refractivity contribution in [1.29, 1.82) is 5.26 Å². The number of nitrogens with zero attached hydrogens (tertiary/aromatic N) is 3. The van der Waals surface area contributed by atoms with Gasteiger partial charge in [-0.2, -0.15) is 5.26 Å². The van der Waals surface area contributed by atoms with Gasteiger partial charge in [-0.05, 0) is 92.6 Å². The standard InChI is InChI=1S/C29H23ClN4O3S/c1-18-15-21(16-22(17-31)29(35)32-28-6-4-5-27(30)19(28)2)20(3)33(18)23-7-11-25(12-8-23)38-26-13-9-24(10-14-26)34(36)37/h4-16H,1-3H3,(H,32,35)/b22-16+. The first-order valence-corrected chi connectivity index (χ1v) is 12.8. The van der Waals surface area contributed by atoms with Crippen molar-refractivity contribution in [2.75, 3.05) is 5.32 Å². The summed E-state index contributed by atoms with van der Waals surface area (Å²) >= 11 is 7.66. The molecule has 0 bridgehead atoms. The molecule has 38 heavy (non-hydrogen) atoms. The third-order valence-electron chi connectivity index (χ3n) is 6.03. The number of benzene rings is 3. The van der Waals surface area contributed by atoms with E-state index in [0.29, 0.717) is 10.7 Å². The summed E-state index contributed by atoms with van der Waals surface area (Å²) < 4.78 is 2.06. The Hall–Kier alpha value is -4.32. The lowest BCUT2D eigenvalue weighted by atomic mass is 10.1. The number of nitrogens with one attached hydrogen (secondary N) is 1. The van der Waals surface area contributed by atoms with Crippen LogP contribution in [-0.2, 0) is 4.79 Å². The number of amides is 1. The minimum atomic E-state index is -0.504. The molecule has 190 valence electrons. The summed E-state index contributed by atoms with van der Waals surface area (Å²) in [4.78, 5) is 25.2. The second kappa shape index (κ2) is 11.4. The van der Waals surface area contributed by atoms with Crippen molar-refractivity contribution < 1.29 is 9.72 Å². The van der Waals surface area contributed by atoms with Crippen LogP contribution in [-0.4, -0.2) is 15.4 Å². The summed E-state index contributed by atoms with van der Waals surface area (Å²) in [6, 6.07) is 23.5. The highest BCUT2D eigenvalue weighted by Gasteiger charge is 2.15. The first-order valence-electron chi connectivity index (χ1n) is 11.6. The number of halogens is 1. The van der Waals surface area contributed by atoms with Gasteiger partial charge in [0, 0.05) is 49.7 Å². The molecule has 0 unspecified atom stereocenters. The number of carbonyl (C=O) groups excluding carboxylic acids is 1. The van der Waals surface area contributed by atoms with Gasteiger partial charge >= 0.3 is 0 Å². The van der Waals surface area contributed by atoms with Gasteiger partial charge in [0.1, 0.15) is 11.6 Å². The molecular formula is C29H23ClN4O3S. The van der Waals surface area contributed by atoms with Crippen molar-refractivity contribution in [1.82, 2.24) is 4.57 Å². The first-order chi connectivity index (χ1) is 18.2. The first kappa shape index (κ1) is 26.7. The molecule has 1 N–H and O–H groups in total. The summed E-state index contributed by atoms with van der Waals surface area (Å²) in [5, 5.41) is 23.9. The molecule has 0 aliphatic carbocycles. The fraction of sp³-hybridized carbons (Fsp3) is 0.103. The highest BCUT2D eigenvalue weighted by atomic mass is 35.5. The Morgan fingerprint density at radius 1 is 1.05 bits per heavy atom. The van der Waals surface area contributed by atoms with E-state index in [1.165, 1.54) is 23.9 Å². The summed E-state index contributed by atoms with van der Waals surface area (Å²) in [5.74, 6) is -0.504. The zero-order chi connectivity index (χ0) is 27.4. The Morgan fingerprint density at radius 3 is 2.29 bits per heavy atom. The Bertz CT molecular complexity index is 1600. The van der Waals surface area contributed by atoms with Crippen molar-refractivity contribution in [3.8, 4) is 11.8 Å². The highest BCUT2D eigenvalue weighted by Crippen LogP contribution is 2.31. The molecule has 3 aromatic carbocycles. The number of aromatic nitrogens is 1. The topological polar surface area (TPSA) is 101 Å². The van der Waals surface area contributed by atoms with Crippen molar-refractivity contribution in [3.63, 3.8) is 0 Å². The Labute approximate surface area is 229 Å². The second-order valence-corrected chi connectivity index (χ2v) is 10.1. The molecule has 7 nitrogen and oxygen atoms in total. The zero-order valence-electron chi connectivity index (χ0n) is 20.9. The van der Waals surface area contributed by atoms with Crippen LogP contribution in [0.2, 0.25) is 5.02 Å². The highest BCUT2D eigenvalue weighted by molar-refractivity contribution is 7.99. The smallest absolute Gasteiger partial charge is 0.269 e. The SMILES string of the molecule is Cc1c(Cl)cccc1NC(=O)/C(C#N)=C/c1cc(C)n(-c2ccc(Sc3ccc([N+](=O)[O-])cc3)cc2)c1C. The maximum absolute atomic E-state index is 12.8. The number of aryl methyl sites for hydroxylation is 1. The molecule has 9 heteroatoms. The van der Waals surface area contributed by atoms with Crippen LogP contribution in [0.1, 0.15) is 22.5 Å². The van der Waals surface area contributed by atoms with E-state index in [0.717, 1.165) is 38.0 Å². The van der Waals surface area contributed by atoms with Crippen molar-refractivity contribution in [2.24, 2.45) is 0 Å². The molecule has 0 spiro atoms. The van der Waals surface area contributed by atoms with Gasteiger partial charge in [0.15, 0.2) is 0 Å². The molecule has 4 aromatic rings. The van der Waals surface area contributed by atoms with Gasteiger partial charge in [0.25, 0.3) is 11.6 Å². The molecule has 0 aliphatic heterocycles. The van der Waals surface area contributed by atoms with Gasteiger partial charge in [-0.3, -0.25) is 14.9 Å². The van der Waals surface area contributed by atoms with Gasteiger partial charge < -0.3 is 9.88 Å². The van der Waals surface area contributed by atoms with Crippen LogP contribution in [0.25, 0.3) is 11.8 Å². The van der Waals surface area contributed by atoms with E-state index in [1.807, 2.05) is 50.2 Å². The van der Waals surface area contributed by atoms with Crippen LogP contribution in [0.4, 0.5) is 11.4 Å². The zero-order valence-corrected chi connectivity index (χ0v) is 22.4. The number of hydrogen-bond acceptors (Lipinski definition) is 5. The summed E-state index contributed by atoms with van der Waals surface area (Å²) in [6.07, 6.45) is 1.59. The third kappa shape index (κ3) is 5.80. The average Bonchev–Trinajstić information content (AvgIpc) is 3.18. The Morgan fingerprint density at radius 2 is 1.68 bits per heavy atom. The number of nitriles is 1. The van der Waals surface area contributed by atoms with Gasteiger partial charge in [-0.25, -0.2) is 0 Å². The average molecular weight is 543 g/mol. The molecule has 1 heterocycles. The molecule has 1 amide bonds. The van der Waals surface area contributed by atoms with Gasteiger partial charge in [-0.15, -0.1) is 0 Å². The minimum absolute atomic E-state index is 0.0144. The van der Waals surface area contributed by atoms with E-state index >= 15 is 0 Å². The summed E-state index contributed by atoms with van der Waals surface area (Å²) in [7, 11) is 0. The molecule has 1 aromatic heterocycles. The number of nitro benzene ring substituents is 1. The molecule has 0 radical (unpaired) electrons. The molecule has 0 saturated heterocycles. The summed E-state index contributed by atoms with van der Waals surface area (Å²) in [6.45, 7) is 5.70. The maximum atomic E-state index is 12.8. The van der Waals surface area contributed by atoms with E-state index in [-0.39, 0.29) is 11.3 Å². The molecule has 4 rings (SSSR count). The van der Waals surface area contributed by atoms with Crippen LogP contribution in [0, 0.1) is 42.2 Å². The van der Waals surface area contributed by atoms with Crippen LogP contribution >= 0.6 is 23.4 Å². The predicted octanol–water partition coefficient (Wildman–Crippen LogP) is 7.66. The van der Waals surface area contributed by atoms with Crippen molar-refractivity contribution in [2.45, 2.75) is 30.6 Å². The monoisotopic (exact) mass is 542 g/mol. The number of rotatable bonds is 7. The predicted molar refractivity (Wildman–Crippen MR) is 151 cm³/mol. The maximum Gasteiger partial charge on any atom is 0.269 e. The van der Waals surface area contributed by atoms with Gasteiger partial charge in [0.2, 0.25) is 0 Å². The number of carbonyl (C=O) groups is 1. The number of hydrogen-bond donors (Lipinski definition) is 1. The normalized spacial score (nSPS) is 11.2. The van der Waals surface area contributed by atoms with Crippen LogP contribution < -0.4 is 5.32 Å². The van der Waals surface area contributed by atoms with Crippen LogP contribution in [0.5, 0.6) is 0 Å². The molecule has 0 atom stereocenters. The van der Waals surface area contributed by atoms with E-state index in [1.54, 1.807) is 43.3 Å².